The number of hydrogen-bond donors (Lipinski definition) is 4. The molecule has 0 saturated heterocycles. The minimum Gasteiger partial charge on any atom is -0.394 e. The van der Waals surface area contributed by atoms with E-state index in [0.717, 1.165) is 30.6 Å². The summed E-state index contributed by atoms with van der Waals surface area (Å²) in [6.07, 6.45) is 2.44. The lowest BCUT2D eigenvalue weighted by Gasteiger charge is -2.25. The molecule has 0 spiro atoms. The number of aryl methyl sites for hydroxylation is 1. The summed E-state index contributed by atoms with van der Waals surface area (Å²) in [5, 5.41) is 26.5. The number of hydrogen-bond acceptors (Lipinski definition) is 4. The molecule has 0 radical (unpaired) electrons. The minimum atomic E-state index is -1.52. The van der Waals surface area contributed by atoms with Crippen molar-refractivity contribution in [1.29, 1.82) is 0 Å². The molecule has 0 bridgehead atoms. The Bertz CT molecular complexity index is 963. The van der Waals surface area contributed by atoms with Gasteiger partial charge in [0.15, 0.2) is 0 Å². The fourth-order valence-electron chi connectivity index (χ4n) is 4.10. The summed E-state index contributed by atoms with van der Waals surface area (Å²) in [6.45, 7) is 5.49. The Labute approximate surface area is 187 Å². The monoisotopic (exact) mass is 436 g/mol. The number of aliphatic hydroxyl groups excluding tert-OH is 2. The minimum absolute atomic E-state index is 0.207. The van der Waals surface area contributed by atoms with E-state index in [0.29, 0.717) is 6.42 Å². The van der Waals surface area contributed by atoms with Crippen molar-refractivity contribution in [3.05, 3.63) is 72.3 Å². The summed E-state index contributed by atoms with van der Waals surface area (Å²) in [5.41, 5.74) is 7.33. The van der Waals surface area contributed by atoms with Gasteiger partial charge in [-0.3, -0.25) is 0 Å². The number of nitrogens with one attached hydrogen (secondary N) is 1. The number of aliphatic hydroxyl groups is 2. The van der Waals surface area contributed by atoms with Gasteiger partial charge in [-0.2, -0.15) is 0 Å². The molecule has 0 heterocycles. The van der Waals surface area contributed by atoms with Crippen molar-refractivity contribution in [2.24, 2.45) is 5.73 Å². The fraction of sp³-hybridized carbons (Fsp3) is 0.385. The lowest BCUT2D eigenvalue weighted by molar-refractivity contribution is 0.115. The van der Waals surface area contributed by atoms with Crippen molar-refractivity contribution in [3.8, 4) is 0 Å². The predicted octanol–water partition coefficient (Wildman–Crippen LogP) is 3.87. The van der Waals surface area contributed by atoms with Gasteiger partial charge < -0.3 is 21.3 Å². The first-order valence-corrected chi connectivity index (χ1v) is 14.4. The maximum atomic E-state index is 9.32. The molecular weight excluding hydrogens is 400 g/mol. The highest BCUT2D eigenvalue weighted by molar-refractivity contribution is 6.91. The van der Waals surface area contributed by atoms with Crippen LogP contribution in [0.5, 0.6) is 0 Å². The Morgan fingerprint density at radius 1 is 0.903 bits per heavy atom. The van der Waals surface area contributed by atoms with E-state index in [-0.39, 0.29) is 13.2 Å². The standard InChI is InChI=1S/C26H36N2O2Si/c1-31(2,25-10-5-8-22-7-3-4-9-24(22)25)18-6-17-28-23-13-11-21(12-14-23)15-16-26(27,19-29)20-30/h3-5,7-14,28-30H,6,15-20,27H2,1-2H3. The maximum absolute atomic E-state index is 9.32. The molecule has 0 fully saturated rings. The van der Waals surface area contributed by atoms with Gasteiger partial charge in [-0.1, -0.05) is 78.9 Å². The molecule has 0 aliphatic heterocycles. The summed E-state index contributed by atoms with van der Waals surface area (Å²) in [5.74, 6) is 0. The molecule has 5 N–H and O–H groups in total. The molecule has 3 rings (SSSR count). The molecule has 5 heteroatoms. The van der Waals surface area contributed by atoms with Gasteiger partial charge in [-0.25, -0.2) is 0 Å². The average molecular weight is 437 g/mol. The van der Waals surface area contributed by atoms with Crippen LogP contribution in [0.25, 0.3) is 10.8 Å². The number of rotatable bonds is 11. The summed E-state index contributed by atoms with van der Waals surface area (Å²) in [6, 6.07) is 25.1. The van der Waals surface area contributed by atoms with Gasteiger partial charge in [0, 0.05) is 12.2 Å². The zero-order valence-electron chi connectivity index (χ0n) is 18.8. The number of nitrogens with two attached hydrogens (primary N) is 1. The highest BCUT2D eigenvalue weighted by Gasteiger charge is 2.24. The van der Waals surface area contributed by atoms with Crippen LogP contribution in [0.3, 0.4) is 0 Å². The highest BCUT2D eigenvalue weighted by Crippen LogP contribution is 2.20. The van der Waals surface area contributed by atoms with E-state index in [2.05, 4.69) is 85.1 Å². The largest absolute Gasteiger partial charge is 0.394 e. The maximum Gasteiger partial charge on any atom is 0.0815 e. The van der Waals surface area contributed by atoms with E-state index >= 15 is 0 Å². The highest BCUT2D eigenvalue weighted by atomic mass is 28.3. The first-order chi connectivity index (χ1) is 14.9. The SMILES string of the molecule is C[Si](C)(CCCNc1ccc(CCC(N)(CO)CO)cc1)c1cccc2ccccc12. The summed E-state index contributed by atoms with van der Waals surface area (Å²) in [7, 11) is -1.52. The number of anilines is 1. The molecule has 3 aromatic rings. The molecule has 0 aliphatic rings. The molecule has 0 aromatic heterocycles. The molecule has 0 atom stereocenters. The van der Waals surface area contributed by atoms with Gasteiger partial charge in [0.25, 0.3) is 0 Å². The van der Waals surface area contributed by atoms with E-state index in [4.69, 9.17) is 5.73 Å². The average Bonchev–Trinajstić information content (AvgIpc) is 2.80. The van der Waals surface area contributed by atoms with Crippen LogP contribution in [0.4, 0.5) is 5.69 Å². The lowest BCUT2D eigenvalue weighted by atomic mass is 9.94. The molecule has 31 heavy (non-hydrogen) atoms. The van der Waals surface area contributed by atoms with Crippen molar-refractivity contribution in [1.82, 2.24) is 0 Å². The van der Waals surface area contributed by atoms with Crippen molar-refractivity contribution in [2.75, 3.05) is 25.1 Å². The zero-order valence-corrected chi connectivity index (χ0v) is 19.8. The molecule has 0 amide bonds. The van der Waals surface area contributed by atoms with Gasteiger partial charge in [-0.05, 0) is 47.7 Å². The summed E-state index contributed by atoms with van der Waals surface area (Å²) >= 11 is 0. The normalized spacial score (nSPS) is 12.3. The molecule has 4 nitrogen and oxygen atoms in total. The Kier molecular flexibility index (Phi) is 7.89. The van der Waals surface area contributed by atoms with Crippen molar-refractivity contribution in [2.45, 2.75) is 43.9 Å². The van der Waals surface area contributed by atoms with Crippen LogP contribution in [0.15, 0.2) is 66.7 Å². The third-order valence-electron chi connectivity index (χ3n) is 6.32. The molecule has 166 valence electrons. The van der Waals surface area contributed by atoms with E-state index in [1.54, 1.807) is 5.19 Å². The smallest absolute Gasteiger partial charge is 0.0815 e. The van der Waals surface area contributed by atoms with Crippen LogP contribution in [0.2, 0.25) is 19.1 Å². The number of benzene rings is 3. The van der Waals surface area contributed by atoms with Crippen molar-refractivity contribution in [3.63, 3.8) is 0 Å². The number of fused-ring (bicyclic) bond motifs is 1. The van der Waals surface area contributed by atoms with Crippen LogP contribution in [-0.2, 0) is 6.42 Å². The third-order valence-corrected chi connectivity index (χ3v) is 9.82. The van der Waals surface area contributed by atoms with Crippen molar-refractivity contribution >= 4 is 29.7 Å². The molecule has 0 unspecified atom stereocenters. The van der Waals surface area contributed by atoms with Crippen LogP contribution < -0.4 is 16.2 Å². The van der Waals surface area contributed by atoms with E-state index in [1.807, 2.05) is 0 Å². The second-order valence-electron chi connectivity index (χ2n) is 9.32. The topological polar surface area (TPSA) is 78.5 Å². The van der Waals surface area contributed by atoms with Gasteiger partial charge in [0.1, 0.15) is 0 Å². The zero-order chi connectivity index (χ0) is 22.3. The third kappa shape index (κ3) is 6.17. The van der Waals surface area contributed by atoms with E-state index in [1.165, 1.54) is 16.8 Å². The second-order valence-corrected chi connectivity index (χ2v) is 14.1. The van der Waals surface area contributed by atoms with Crippen LogP contribution in [-0.4, -0.2) is 43.6 Å². The van der Waals surface area contributed by atoms with Crippen LogP contribution >= 0.6 is 0 Å². The van der Waals surface area contributed by atoms with E-state index in [9.17, 15) is 10.2 Å². The summed E-state index contributed by atoms with van der Waals surface area (Å²) in [4.78, 5) is 0. The molecule has 3 aromatic carbocycles. The first kappa shape index (κ1) is 23.5. The van der Waals surface area contributed by atoms with E-state index < -0.39 is 13.6 Å². The first-order valence-electron chi connectivity index (χ1n) is 11.2. The Balaban J connectivity index is 1.50. The summed E-state index contributed by atoms with van der Waals surface area (Å²) < 4.78 is 0. The van der Waals surface area contributed by atoms with Gasteiger partial charge >= 0.3 is 0 Å². The van der Waals surface area contributed by atoms with Crippen molar-refractivity contribution < 1.29 is 10.2 Å². The van der Waals surface area contributed by atoms with Crippen LogP contribution in [0, 0.1) is 0 Å². The van der Waals surface area contributed by atoms with Gasteiger partial charge in [-0.15, -0.1) is 0 Å². The Hall–Kier alpha value is -2.18. The Morgan fingerprint density at radius 2 is 1.58 bits per heavy atom. The Morgan fingerprint density at radius 3 is 2.29 bits per heavy atom. The molecular formula is C26H36N2O2Si. The van der Waals surface area contributed by atoms with Gasteiger partial charge in [0.2, 0.25) is 0 Å². The van der Waals surface area contributed by atoms with Gasteiger partial charge in [0.05, 0.1) is 26.8 Å². The second kappa shape index (κ2) is 10.4. The molecule has 0 saturated carbocycles. The lowest BCUT2D eigenvalue weighted by Crippen LogP contribution is -2.47. The van der Waals surface area contributed by atoms with Crippen LogP contribution in [0.1, 0.15) is 18.4 Å². The quantitative estimate of drug-likeness (QED) is 0.272. The predicted molar refractivity (Wildman–Crippen MR) is 135 cm³/mol. The molecule has 0 aliphatic carbocycles. The fourth-order valence-corrected chi connectivity index (χ4v) is 6.94.